The van der Waals surface area contributed by atoms with Crippen LogP contribution in [0.15, 0.2) is 48.9 Å². The van der Waals surface area contributed by atoms with Crippen molar-refractivity contribution in [2.24, 2.45) is 0 Å². The van der Waals surface area contributed by atoms with Crippen molar-refractivity contribution in [3.63, 3.8) is 0 Å². The van der Waals surface area contributed by atoms with Crippen molar-refractivity contribution in [2.75, 3.05) is 12.3 Å². The Hall–Kier alpha value is -2.89. The maximum absolute atomic E-state index is 5.83. The van der Waals surface area contributed by atoms with Gasteiger partial charge in [0.1, 0.15) is 5.82 Å². The summed E-state index contributed by atoms with van der Waals surface area (Å²) < 4.78 is 7.21. The molecule has 0 aliphatic carbocycles. The van der Waals surface area contributed by atoms with Gasteiger partial charge in [-0.15, -0.1) is 0 Å². The summed E-state index contributed by atoms with van der Waals surface area (Å²) in [6.45, 7) is 2.47. The van der Waals surface area contributed by atoms with Gasteiger partial charge >= 0.3 is 0 Å². The van der Waals surface area contributed by atoms with Crippen LogP contribution in [-0.4, -0.2) is 26.1 Å². The van der Waals surface area contributed by atoms with Gasteiger partial charge in [-0.3, -0.25) is 4.57 Å². The van der Waals surface area contributed by atoms with E-state index in [1.165, 1.54) is 0 Å². The maximum Gasteiger partial charge on any atom is 0.238 e. The third-order valence-corrected chi connectivity index (χ3v) is 2.91. The quantitative estimate of drug-likeness (QED) is 0.742. The average Bonchev–Trinajstić information content (AvgIpc) is 2.97. The molecule has 6 heteroatoms. The summed E-state index contributed by atoms with van der Waals surface area (Å²) in [5, 5.41) is 0. The van der Waals surface area contributed by atoms with Crippen LogP contribution in [0.2, 0.25) is 0 Å². The molecule has 1 aromatic carbocycles. The first-order chi connectivity index (χ1) is 10.3. The van der Waals surface area contributed by atoms with E-state index in [1.54, 1.807) is 23.0 Å². The molecule has 0 aliphatic heterocycles. The molecule has 3 aromatic rings. The Morgan fingerprint density at radius 3 is 2.90 bits per heavy atom. The Morgan fingerprint density at radius 2 is 2.10 bits per heavy atom. The van der Waals surface area contributed by atoms with Gasteiger partial charge in [0.05, 0.1) is 6.61 Å². The summed E-state index contributed by atoms with van der Waals surface area (Å²) in [6.07, 6.45) is 5.18. The zero-order valence-corrected chi connectivity index (χ0v) is 11.6. The number of aromatic nitrogens is 4. The zero-order chi connectivity index (χ0) is 14.7. The fourth-order valence-corrected chi connectivity index (χ4v) is 2.03. The van der Waals surface area contributed by atoms with Gasteiger partial charge < -0.3 is 10.5 Å². The lowest BCUT2D eigenvalue weighted by atomic mass is 10.2. The minimum atomic E-state index is 0.510. The minimum absolute atomic E-state index is 0.510. The highest BCUT2D eigenvalue weighted by molar-refractivity contribution is 5.62. The van der Waals surface area contributed by atoms with Gasteiger partial charge in [-0.2, -0.15) is 4.98 Å². The molecule has 0 radical (unpaired) electrons. The van der Waals surface area contributed by atoms with Crippen molar-refractivity contribution in [2.45, 2.75) is 6.92 Å². The summed E-state index contributed by atoms with van der Waals surface area (Å²) >= 11 is 0. The Balaban J connectivity index is 2.05. The highest BCUT2D eigenvalue weighted by atomic mass is 16.5. The van der Waals surface area contributed by atoms with Crippen molar-refractivity contribution >= 4 is 5.69 Å². The van der Waals surface area contributed by atoms with Crippen LogP contribution in [0.1, 0.15) is 6.92 Å². The number of imidazole rings is 1. The van der Waals surface area contributed by atoms with Gasteiger partial charge in [0.15, 0.2) is 0 Å². The molecule has 0 spiro atoms. The van der Waals surface area contributed by atoms with Crippen LogP contribution in [0.25, 0.3) is 17.3 Å². The van der Waals surface area contributed by atoms with Crippen LogP contribution in [0.4, 0.5) is 5.69 Å². The fraction of sp³-hybridized carbons (Fsp3) is 0.133. The van der Waals surface area contributed by atoms with Gasteiger partial charge in [-0.25, -0.2) is 9.97 Å². The predicted molar refractivity (Wildman–Crippen MR) is 80.2 cm³/mol. The Labute approximate surface area is 122 Å². The molecule has 0 saturated carbocycles. The zero-order valence-electron chi connectivity index (χ0n) is 11.6. The molecule has 2 heterocycles. The van der Waals surface area contributed by atoms with E-state index in [0.29, 0.717) is 24.1 Å². The number of hydrogen-bond donors (Lipinski definition) is 1. The lowest BCUT2D eigenvalue weighted by Crippen LogP contribution is -2.04. The molecule has 21 heavy (non-hydrogen) atoms. The van der Waals surface area contributed by atoms with Crippen LogP contribution < -0.4 is 10.5 Å². The van der Waals surface area contributed by atoms with Crippen molar-refractivity contribution in [3.8, 4) is 23.2 Å². The number of benzene rings is 1. The van der Waals surface area contributed by atoms with E-state index in [-0.39, 0.29) is 0 Å². The summed E-state index contributed by atoms with van der Waals surface area (Å²) in [5.74, 6) is 1.78. The smallest absolute Gasteiger partial charge is 0.238 e. The van der Waals surface area contributed by atoms with E-state index in [4.69, 9.17) is 10.5 Å². The molecule has 0 atom stereocenters. The van der Waals surface area contributed by atoms with Gasteiger partial charge in [-0.05, 0) is 19.1 Å². The van der Waals surface area contributed by atoms with Crippen LogP contribution >= 0.6 is 0 Å². The maximum atomic E-state index is 5.83. The van der Waals surface area contributed by atoms with Crippen LogP contribution in [0.5, 0.6) is 5.88 Å². The molecule has 0 aliphatic rings. The largest absolute Gasteiger partial charge is 0.478 e. The Kier molecular flexibility index (Phi) is 3.51. The first-order valence-electron chi connectivity index (χ1n) is 6.63. The lowest BCUT2D eigenvalue weighted by Gasteiger charge is -2.08. The van der Waals surface area contributed by atoms with Crippen molar-refractivity contribution in [1.82, 2.24) is 19.5 Å². The summed E-state index contributed by atoms with van der Waals surface area (Å²) in [6, 6.07) is 9.26. The average molecular weight is 281 g/mol. The highest BCUT2D eigenvalue weighted by Gasteiger charge is 2.10. The fourth-order valence-electron chi connectivity index (χ4n) is 2.03. The van der Waals surface area contributed by atoms with Gasteiger partial charge in [0.2, 0.25) is 11.8 Å². The van der Waals surface area contributed by atoms with E-state index in [1.807, 2.05) is 37.4 Å². The molecule has 0 fully saturated rings. The summed E-state index contributed by atoms with van der Waals surface area (Å²) in [5.41, 5.74) is 7.42. The van der Waals surface area contributed by atoms with Gasteiger partial charge in [-0.1, -0.05) is 12.1 Å². The van der Waals surface area contributed by atoms with Gasteiger partial charge in [0, 0.05) is 35.9 Å². The summed E-state index contributed by atoms with van der Waals surface area (Å²) in [4.78, 5) is 13.0. The topological polar surface area (TPSA) is 78.8 Å². The molecule has 6 nitrogen and oxygen atoms in total. The number of nitrogen functional groups attached to an aromatic ring is 1. The summed E-state index contributed by atoms with van der Waals surface area (Å²) in [7, 11) is 0. The molecule has 2 aromatic heterocycles. The Bertz CT molecular complexity index is 753. The normalized spacial score (nSPS) is 10.5. The van der Waals surface area contributed by atoms with E-state index in [9.17, 15) is 0 Å². The first kappa shape index (κ1) is 13.1. The van der Waals surface area contributed by atoms with E-state index >= 15 is 0 Å². The van der Waals surface area contributed by atoms with Crippen molar-refractivity contribution < 1.29 is 4.74 Å². The van der Waals surface area contributed by atoms with Crippen molar-refractivity contribution in [3.05, 3.63) is 48.9 Å². The number of nitrogens with zero attached hydrogens (tertiary/aromatic N) is 4. The molecular weight excluding hydrogens is 266 g/mol. The second kappa shape index (κ2) is 5.62. The molecule has 106 valence electrons. The molecule has 0 saturated heterocycles. The monoisotopic (exact) mass is 281 g/mol. The molecule has 3 rings (SSSR count). The minimum Gasteiger partial charge on any atom is -0.478 e. The van der Waals surface area contributed by atoms with Crippen molar-refractivity contribution in [1.29, 1.82) is 0 Å². The number of rotatable bonds is 4. The Morgan fingerprint density at radius 1 is 1.19 bits per heavy atom. The molecular formula is C15H15N5O. The van der Waals surface area contributed by atoms with Crippen LogP contribution in [0.3, 0.4) is 0 Å². The molecule has 2 N–H and O–H groups in total. The standard InChI is InChI=1S/C15H15N5O/c1-2-21-13-6-7-18-15(19-13)20-9-8-17-14(20)11-4-3-5-12(16)10-11/h3-10H,2,16H2,1H3. The highest BCUT2D eigenvalue weighted by Crippen LogP contribution is 2.22. The predicted octanol–water partition coefficient (Wildman–Crippen LogP) is 2.31. The number of nitrogens with two attached hydrogens (primary N) is 1. The van der Waals surface area contributed by atoms with E-state index < -0.39 is 0 Å². The second-order valence-corrected chi connectivity index (χ2v) is 4.37. The third kappa shape index (κ3) is 2.69. The van der Waals surface area contributed by atoms with Gasteiger partial charge in [0.25, 0.3) is 0 Å². The molecule has 0 amide bonds. The van der Waals surface area contributed by atoms with Crippen LogP contribution in [0, 0.1) is 0 Å². The SMILES string of the molecule is CCOc1ccnc(-n2ccnc2-c2cccc(N)c2)n1. The molecule has 0 bridgehead atoms. The van der Waals surface area contributed by atoms with Crippen LogP contribution in [-0.2, 0) is 0 Å². The van der Waals surface area contributed by atoms with E-state index in [0.717, 1.165) is 11.4 Å². The number of anilines is 1. The second-order valence-electron chi connectivity index (χ2n) is 4.37. The molecule has 0 unspecified atom stereocenters. The third-order valence-electron chi connectivity index (χ3n) is 2.91. The first-order valence-corrected chi connectivity index (χ1v) is 6.63. The lowest BCUT2D eigenvalue weighted by molar-refractivity contribution is 0.326. The number of hydrogen-bond acceptors (Lipinski definition) is 5. The number of ether oxygens (including phenoxy) is 1. The van der Waals surface area contributed by atoms with E-state index in [2.05, 4.69) is 15.0 Å².